The fourth-order valence-electron chi connectivity index (χ4n) is 2.92. The first kappa shape index (κ1) is 20.2. The molecule has 0 aromatic rings. The summed E-state index contributed by atoms with van der Waals surface area (Å²) < 4.78 is 6.25. The van der Waals surface area contributed by atoms with E-state index in [0.29, 0.717) is 0 Å². The summed E-state index contributed by atoms with van der Waals surface area (Å²) in [7, 11) is -1.43. The third-order valence-corrected chi connectivity index (χ3v) is 6.44. The van der Waals surface area contributed by atoms with Crippen LogP contribution in [0.25, 0.3) is 0 Å². The number of unbranched alkanes of at least 4 members (excludes halogenated alkanes) is 9. The van der Waals surface area contributed by atoms with E-state index >= 15 is 0 Å². The van der Waals surface area contributed by atoms with Gasteiger partial charge in [0.15, 0.2) is 8.32 Å². The highest BCUT2D eigenvalue weighted by molar-refractivity contribution is 6.71. The maximum absolute atomic E-state index is 6.25. The first-order chi connectivity index (χ1) is 9.27. The van der Waals surface area contributed by atoms with E-state index in [1.165, 1.54) is 70.3 Å². The SMILES string of the molecule is CCCCCCCCCCCC[Si](C)(C)OC(C)(C)C. The zero-order chi connectivity index (χ0) is 15.5. The highest BCUT2D eigenvalue weighted by atomic mass is 28.4. The molecule has 0 heterocycles. The van der Waals surface area contributed by atoms with Crippen LogP contribution < -0.4 is 0 Å². The van der Waals surface area contributed by atoms with Gasteiger partial charge in [0.2, 0.25) is 0 Å². The molecular formula is C18H40OSi. The van der Waals surface area contributed by atoms with Crippen LogP contribution in [0.5, 0.6) is 0 Å². The Morgan fingerprint density at radius 2 is 1.10 bits per heavy atom. The standard InChI is InChI=1S/C18H40OSi/c1-7-8-9-10-11-12-13-14-15-16-17-20(5,6)19-18(2,3)4/h7-17H2,1-6H3. The van der Waals surface area contributed by atoms with Crippen LogP contribution in [0, 0.1) is 0 Å². The average Bonchev–Trinajstić information content (AvgIpc) is 2.28. The Labute approximate surface area is 130 Å². The van der Waals surface area contributed by atoms with Gasteiger partial charge in [0, 0.05) is 5.60 Å². The topological polar surface area (TPSA) is 9.23 Å². The lowest BCUT2D eigenvalue weighted by Gasteiger charge is -2.32. The predicted octanol–water partition coefficient (Wildman–Crippen LogP) is 6.93. The minimum atomic E-state index is -1.43. The third kappa shape index (κ3) is 14.6. The normalized spacial score (nSPS) is 12.9. The van der Waals surface area contributed by atoms with Crippen LogP contribution in [-0.2, 0) is 4.43 Å². The molecule has 0 radical (unpaired) electrons. The molecule has 0 unspecified atom stereocenters. The highest BCUT2D eigenvalue weighted by Crippen LogP contribution is 2.23. The van der Waals surface area contributed by atoms with Gasteiger partial charge < -0.3 is 4.43 Å². The van der Waals surface area contributed by atoms with Crippen molar-refractivity contribution in [3.63, 3.8) is 0 Å². The Morgan fingerprint density at radius 1 is 0.700 bits per heavy atom. The summed E-state index contributed by atoms with van der Waals surface area (Å²) in [6.07, 6.45) is 14.2. The molecule has 0 amide bonds. The van der Waals surface area contributed by atoms with Crippen molar-refractivity contribution in [1.29, 1.82) is 0 Å². The number of hydrogen-bond donors (Lipinski definition) is 0. The largest absolute Gasteiger partial charge is 0.413 e. The number of rotatable bonds is 12. The first-order valence-corrected chi connectivity index (χ1v) is 12.1. The Balaban J connectivity index is 3.39. The Morgan fingerprint density at radius 3 is 1.50 bits per heavy atom. The number of hydrogen-bond acceptors (Lipinski definition) is 1. The molecule has 2 heteroatoms. The van der Waals surface area contributed by atoms with E-state index in [1.807, 2.05) is 0 Å². The lowest BCUT2D eigenvalue weighted by molar-refractivity contribution is 0.120. The van der Waals surface area contributed by atoms with Gasteiger partial charge in [0.25, 0.3) is 0 Å². The van der Waals surface area contributed by atoms with E-state index in [-0.39, 0.29) is 5.60 Å². The van der Waals surface area contributed by atoms with Crippen LogP contribution in [0.15, 0.2) is 0 Å². The van der Waals surface area contributed by atoms with Crippen LogP contribution in [0.4, 0.5) is 0 Å². The van der Waals surface area contributed by atoms with Crippen LogP contribution >= 0.6 is 0 Å². The van der Waals surface area contributed by atoms with E-state index in [1.54, 1.807) is 0 Å². The Kier molecular flexibility index (Phi) is 10.9. The van der Waals surface area contributed by atoms with Crippen molar-refractivity contribution in [3.05, 3.63) is 0 Å². The summed E-state index contributed by atoms with van der Waals surface area (Å²) in [4.78, 5) is 0. The molecule has 0 rings (SSSR count). The van der Waals surface area contributed by atoms with Crippen molar-refractivity contribution in [2.24, 2.45) is 0 Å². The Hall–Kier alpha value is 0.177. The minimum Gasteiger partial charge on any atom is -0.413 e. The summed E-state index contributed by atoms with van der Waals surface area (Å²) >= 11 is 0. The first-order valence-electron chi connectivity index (χ1n) is 8.97. The summed E-state index contributed by atoms with van der Waals surface area (Å²) in [5.74, 6) is 0. The maximum atomic E-state index is 6.25. The molecule has 122 valence electrons. The highest BCUT2D eigenvalue weighted by Gasteiger charge is 2.27. The van der Waals surface area contributed by atoms with Crippen LogP contribution in [0.2, 0.25) is 19.1 Å². The molecule has 0 saturated carbocycles. The molecule has 0 aromatic carbocycles. The van der Waals surface area contributed by atoms with E-state index in [4.69, 9.17) is 4.43 Å². The van der Waals surface area contributed by atoms with E-state index in [9.17, 15) is 0 Å². The molecule has 0 aliphatic rings. The quantitative estimate of drug-likeness (QED) is 0.280. The molecule has 0 aromatic heterocycles. The summed E-state index contributed by atoms with van der Waals surface area (Å²) in [5, 5.41) is 0. The van der Waals surface area contributed by atoms with Crippen molar-refractivity contribution in [3.8, 4) is 0 Å². The molecule has 0 bridgehead atoms. The van der Waals surface area contributed by atoms with Gasteiger partial charge in [0.05, 0.1) is 0 Å². The lowest BCUT2D eigenvalue weighted by atomic mass is 10.1. The Bertz CT molecular complexity index is 218. The van der Waals surface area contributed by atoms with Crippen molar-refractivity contribution in [2.45, 2.75) is 117 Å². The molecule has 0 aliphatic heterocycles. The van der Waals surface area contributed by atoms with Crippen molar-refractivity contribution < 1.29 is 4.43 Å². The van der Waals surface area contributed by atoms with Gasteiger partial charge >= 0.3 is 0 Å². The van der Waals surface area contributed by atoms with Gasteiger partial charge in [0.1, 0.15) is 0 Å². The van der Waals surface area contributed by atoms with E-state index in [2.05, 4.69) is 40.8 Å². The van der Waals surface area contributed by atoms with Gasteiger partial charge in [-0.05, 0) is 39.9 Å². The lowest BCUT2D eigenvalue weighted by Crippen LogP contribution is -2.38. The van der Waals surface area contributed by atoms with Gasteiger partial charge in [-0.15, -0.1) is 0 Å². The second kappa shape index (κ2) is 10.8. The molecule has 0 fully saturated rings. The maximum Gasteiger partial charge on any atom is 0.187 e. The van der Waals surface area contributed by atoms with Gasteiger partial charge in [-0.1, -0.05) is 71.1 Å². The molecule has 0 spiro atoms. The fraction of sp³-hybridized carbons (Fsp3) is 1.00. The smallest absolute Gasteiger partial charge is 0.187 e. The summed E-state index contributed by atoms with van der Waals surface area (Å²) in [6.45, 7) is 13.6. The van der Waals surface area contributed by atoms with Crippen LogP contribution in [0.1, 0.15) is 91.9 Å². The molecular weight excluding hydrogens is 260 g/mol. The molecule has 0 saturated heterocycles. The van der Waals surface area contributed by atoms with Crippen LogP contribution in [-0.4, -0.2) is 13.9 Å². The van der Waals surface area contributed by atoms with Crippen molar-refractivity contribution in [2.75, 3.05) is 0 Å². The minimum absolute atomic E-state index is 0.0359. The second-order valence-electron chi connectivity index (χ2n) is 7.91. The van der Waals surface area contributed by atoms with E-state index in [0.717, 1.165) is 0 Å². The van der Waals surface area contributed by atoms with Crippen molar-refractivity contribution in [1.82, 2.24) is 0 Å². The summed E-state index contributed by atoms with van der Waals surface area (Å²) in [5.41, 5.74) is 0.0359. The molecule has 20 heavy (non-hydrogen) atoms. The van der Waals surface area contributed by atoms with Gasteiger partial charge in [-0.2, -0.15) is 0 Å². The zero-order valence-electron chi connectivity index (χ0n) is 15.2. The predicted molar refractivity (Wildman–Crippen MR) is 95.0 cm³/mol. The molecule has 1 nitrogen and oxygen atoms in total. The molecule has 0 atom stereocenters. The van der Waals surface area contributed by atoms with Gasteiger partial charge in [-0.3, -0.25) is 0 Å². The van der Waals surface area contributed by atoms with Gasteiger partial charge in [-0.25, -0.2) is 0 Å². The molecule has 0 N–H and O–H groups in total. The zero-order valence-corrected chi connectivity index (χ0v) is 16.2. The summed E-state index contributed by atoms with van der Waals surface area (Å²) in [6, 6.07) is 1.32. The fourth-order valence-corrected chi connectivity index (χ4v) is 5.78. The average molecular weight is 301 g/mol. The second-order valence-corrected chi connectivity index (χ2v) is 12.1. The third-order valence-electron chi connectivity index (χ3n) is 3.71. The van der Waals surface area contributed by atoms with Crippen molar-refractivity contribution >= 4 is 8.32 Å². The monoisotopic (exact) mass is 300 g/mol. The van der Waals surface area contributed by atoms with E-state index < -0.39 is 8.32 Å². The molecule has 0 aliphatic carbocycles. The van der Waals surface area contributed by atoms with Crippen LogP contribution in [0.3, 0.4) is 0 Å².